The van der Waals surface area contributed by atoms with E-state index < -0.39 is 47.0 Å². The molecule has 0 spiro atoms. The minimum Gasteiger partial charge on any atom is -0.490 e. The first kappa shape index (κ1) is 24.5. The van der Waals surface area contributed by atoms with Gasteiger partial charge in [0.15, 0.2) is 11.6 Å². The van der Waals surface area contributed by atoms with Crippen LogP contribution in [0.4, 0.5) is 27.6 Å². The van der Waals surface area contributed by atoms with Crippen molar-refractivity contribution in [3.8, 4) is 5.75 Å². The fraction of sp³-hybridized carbons (Fsp3) is 0.304. The molecule has 1 heterocycles. The first-order chi connectivity index (χ1) is 16.4. The second-order valence-electron chi connectivity index (χ2n) is 8.31. The van der Waals surface area contributed by atoms with Gasteiger partial charge < -0.3 is 25.5 Å². The number of rotatable bonds is 4. The van der Waals surface area contributed by atoms with Crippen LogP contribution in [-0.4, -0.2) is 33.7 Å². The van der Waals surface area contributed by atoms with E-state index in [4.69, 9.17) is 4.74 Å². The number of anilines is 1. The van der Waals surface area contributed by atoms with Crippen LogP contribution in [-0.2, 0) is 15.8 Å². The van der Waals surface area contributed by atoms with Crippen molar-refractivity contribution in [1.82, 2.24) is 10.3 Å². The Morgan fingerprint density at radius 3 is 2.46 bits per heavy atom. The molecule has 1 fully saturated rings. The average molecular weight is 497 g/mol. The molecular weight excluding hydrogens is 477 g/mol. The first-order valence-corrected chi connectivity index (χ1v) is 10.6. The lowest BCUT2D eigenvalue weighted by atomic mass is 9.89. The molecule has 12 heteroatoms. The molecule has 0 unspecified atom stereocenters. The van der Waals surface area contributed by atoms with Crippen LogP contribution < -0.4 is 15.4 Å². The Balaban J connectivity index is 1.37. The van der Waals surface area contributed by atoms with E-state index in [-0.39, 0.29) is 35.2 Å². The van der Waals surface area contributed by atoms with E-state index in [1.807, 2.05) is 0 Å². The first-order valence-electron chi connectivity index (χ1n) is 10.6. The maximum absolute atomic E-state index is 13.6. The van der Waals surface area contributed by atoms with Gasteiger partial charge in [0, 0.05) is 24.1 Å². The maximum Gasteiger partial charge on any atom is 0.416 e. The maximum atomic E-state index is 13.6. The standard InChI is InChI=1S/C23H20F5N3O4/c24-16-8-15-18(9-17(16)25)29-11-19(15)30-20(32)21(33)31-22(34)7-1-2-14(10-22)35-13-5-3-12(4-6-13)23(26,27)28/h3-6,8-9,11,14,29,34H,1-2,7,10H2,(H,30,32)(H,31,33)/t14-,22-/m0/s1. The van der Waals surface area contributed by atoms with Gasteiger partial charge in [-0.1, -0.05) is 0 Å². The van der Waals surface area contributed by atoms with Crippen molar-refractivity contribution in [3.63, 3.8) is 0 Å². The van der Waals surface area contributed by atoms with Gasteiger partial charge in [-0.3, -0.25) is 9.59 Å². The number of halogens is 5. The predicted octanol–water partition coefficient (Wildman–Crippen LogP) is 4.23. The van der Waals surface area contributed by atoms with E-state index >= 15 is 0 Å². The fourth-order valence-electron chi connectivity index (χ4n) is 4.00. The van der Waals surface area contributed by atoms with Gasteiger partial charge in [-0.15, -0.1) is 0 Å². The Hall–Kier alpha value is -3.67. The Bertz CT molecular complexity index is 1260. The summed E-state index contributed by atoms with van der Waals surface area (Å²) in [5.74, 6) is -4.36. The largest absolute Gasteiger partial charge is 0.490 e. The van der Waals surface area contributed by atoms with Gasteiger partial charge in [0.2, 0.25) is 0 Å². The van der Waals surface area contributed by atoms with E-state index in [9.17, 15) is 36.6 Å². The third kappa shape index (κ3) is 5.53. The summed E-state index contributed by atoms with van der Waals surface area (Å²) in [6.07, 6.45) is -2.94. The van der Waals surface area contributed by atoms with Crippen molar-refractivity contribution in [2.24, 2.45) is 0 Å². The quantitative estimate of drug-likeness (QED) is 0.246. The molecule has 0 radical (unpaired) electrons. The highest BCUT2D eigenvalue weighted by Gasteiger charge is 2.38. The molecule has 1 aliphatic carbocycles. The summed E-state index contributed by atoms with van der Waals surface area (Å²) >= 11 is 0. The van der Waals surface area contributed by atoms with Crippen molar-refractivity contribution in [2.45, 2.75) is 43.7 Å². The zero-order valence-electron chi connectivity index (χ0n) is 18.0. The monoisotopic (exact) mass is 497 g/mol. The SMILES string of the molecule is O=C(Nc1c[nH]c2cc(F)c(F)cc12)C(=O)N[C@]1(O)CCC[C@H](Oc2ccc(C(F)(F)F)cc2)C1. The molecule has 35 heavy (non-hydrogen) atoms. The predicted molar refractivity (Wildman–Crippen MR) is 114 cm³/mol. The number of ether oxygens (including phenoxy) is 1. The number of aromatic amines is 1. The number of nitrogens with one attached hydrogen (secondary N) is 3. The Labute approximate surface area is 195 Å². The highest BCUT2D eigenvalue weighted by Crippen LogP contribution is 2.33. The average Bonchev–Trinajstić information content (AvgIpc) is 3.14. The topological polar surface area (TPSA) is 103 Å². The van der Waals surface area contributed by atoms with Crippen molar-refractivity contribution in [2.75, 3.05) is 5.32 Å². The van der Waals surface area contributed by atoms with Crippen LogP contribution in [0.25, 0.3) is 10.9 Å². The number of carbonyl (C=O) groups is 2. The van der Waals surface area contributed by atoms with Gasteiger partial charge in [-0.05, 0) is 49.6 Å². The van der Waals surface area contributed by atoms with E-state index in [0.717, 1.165) is 24.3 Å². The molecule has 2 atom stereocenters. The molecule has 1 aromatic heterocycles. The Morgan fingerprint density at radius 1 is 1.09 bits per heavy atom. The molecule has 7 nitrogen and oxygen atoms in total. The molecule has 0 bridgehead atoms. The van der Waals surface area contributed by atoms with Crippen LogP contribution >= 0.6 is 0 Å². The van der Waals surface area contributed by atoms with Gasteiger partial charge in [0.1, 0.15) is 17.6 Å². The number of carbonyl (C=O) groups excluding carboxylic acids is 2. The lowest BCUT2D eigenvalue weighted by Gasteiger charge is -2.37. The van der Waals surface area contributed by atoms with Crippen molar-refractivity contribution in [3.05, 3.63) is 59.8 Å². The summed E-state index contributed by atoms with van der Waals surface area (Å²) in [5.41, 5.74) is -2.38. The van der Waals surface area contributed by atoms with Gasteiger partial charge in [0.25, 0.3) is 0 Å². The molecule has 186 valence electrons. The minimum atomic E-state index is -4.48. The van der Waals surface area contributed by atoms with Crippen molar-refractivity contribution in [1.29, 1.82) is 0 Å². The molecule has 4 N–H and O–H groups in total. The van der Waals surface area contributed by atoms with Crippen LogP contribution in [0.1, 0.15) is 31.2 Å². The summed E-state index contributed by atoms with van der Waals surface area (Å²) in [6, 6.07) is 5.86. The lowest BCUT2D eigenvalue weighted by molar-refractivity contribution is -0.144. The molecule has 0 saturated heterocycles. The van der Waals surface area contributed by atoms with Crippen LogP contribution in [0.2, 0.25) is 0 Å². The van der Waals surface area contributed by atoms with E-state index in [0.29, 0.717) is 12.8 Å². The van der Waals surface area contributed by atoms with Crippen LogP contribution in [0.15, 0.2) is 42.6 Å². The van der Waals surface area contributed by atoms with E-state index in [1.165, 1.54) is 18.3 Å². The number of amides is 2. The number of hydrogen-bond acceptors (Lipinski definition) is 4. The summed E-state index contributed by atoms with van der Waals surface area (Å²) in [5, 5.41) is 15.5. The molecule has 3 aromatic rings. The van der Waals surface area contributed by atoms with Crippen LogP contribution in [0.5, 0.6) is 5.75 Å². The molecule has 2 amide bonds. The molecule has 2 aromatic carbocycles. The Morgan fingerprint density at radius 2 is 1.77 bits per heavy atom. The third-order valence-corrected chi connectivity index (χ3v) is 5.69. The molecule has 1 saturated carbocycles. The smallest absolute Gasteiger partial charge is 0.416 e. The molecule has 1 aliphatic rings. The Kier molecular flexibility index (Phi) is 6.41. The van der Waals surface area contributed by atoms with E-state index in [2.05, 4.69) is 15.6 Å². The van der Waals surface area contributed by atoms with Gasteiger partial charge in [-0.25, -0.2) is 8.78 Å². The number of aromatic nitrogens is 1. The second-order valence-corrected chi connectivity index (χ2v) is 8.31. The van der Waals surface area contributed by atoms with Gasteiger partial charge in [0.05, 0.1) is 16.8 Å². The minimum absolute atomic E-state index is 0.0400. The number of benzene rings is 2. The fourth-order valence-corrected chi connectivity index (χ4v) is 4.00. The number of aliphatic hydroxyl groups is 1. The number of hydrogen-bond donors (Lipinski definition) is 4. The second kappa shape index (κ2) is 9.17. The highest BCUT2D eigenvalue weighted by molar-refractivity contribution is 6.40. The van der Waals surface area contributed by atoms with E-state index in [1.54, 1.807) is 0 Å². The molecule has 0 aliphatic heterocycles. The normalized spacial score (nSPS) is 20.5. The summed E-state index contributed by atoms with van der Waals surface area (Å²) in [6.45, 7) is 0. The zero-order chi connectivity index (χ0) is 25.4. The number of H-pyrrole nitrogens is 1. The van der Waals surface area contributed by atoms with Crippen molar-refractivity contribution < 1.29 is 41.4 Å². The third-order valence-electron chi connectivity index (χ3n) is 5.69. The van der Waals surface area contributed by atoms with Gasteiger partial charge in [-0.2, -0.15) is 13.2 Å². The summed E-state index contributed by atoms with van der Waals surface area (Å²) < 4.78 is 70.7. The number of fused-ring (bicyclic) bond motifs is 1. The number of alkyl halides is 3. The lowest BCUT2D eigenvalue weighted by Crippen LogP contribution is -2.55. The molecule has 4 rings (SSSR count). The van der Waals surface area contributed by atoms with Gasteiger partial charge >= 0.3 is 18.0 Å². The summed E-state index contributed by atoms with van der Waals surface area (Å²) in [4.78, 5) is 27.4. The van der Waals surface area contributed by atoms with Crippen molar-refractivity contribution >= 4 is 28.4 Å². The van der Waals surface area contributed by atoms with Crippen LogP contribution in [0.3, 0.4) is 0 Å². The van der Waals surface area contributed by atoms with Crippen LogP contribution in [0, 0.1) is 11.6 Å². The highest BCUT2D eigenvalue weighted by atomic mass is 19.4. The molecular formula is C23H20F5N3O4. The summed E-state index contributed by atoms with van der Waals surface area (Å²) in [7, 11) is 0. The zero-order valence-corrected chi connectivity index (χ0v) is 18.0.